The van der Waals surface area contributed by atoms with E-state index in [1.165, 1.54) is 38.5 Å². The smallest absolute Gasteiger partial charge is 0.0501 e. The van der Waals surface area contributed by atoms with Crippen LogP contribution in [-0.2, 0) is 10.8 Å². The summed E-state index contributed by atoms with van der Waals surface area (Å²) < 4.78 is 12.5. The molecule has 3 atom stereocenters. The molecule has 0 bridgehead atoms. The zero-order chi connectivity index (χ0) is 13.2. The van der Waals surface area contributed by atoms with Gasteiger partial charge in [0.25, 0.3) is 0 Å². The maximum atomic E-state index is 12.5. The highest BCUT2D eigenvalue weighted by Gasteiger charge is 2.26. The van der Waals surface area contributed by atoms with Crippen LogP contribution in [0.5, 0.6) is 0 Å². The zero-order valence-corrected chi connectivity index (χ0v) is 13.1. The molecule has 3 unspecified atom stereocenters. The standard InChI is InChI=1S/C15H31NOS/c1-3-5-13-18(17)15-11-9-7-6-8-10-14(15)16-12-4-2/h14-16H,3-13H2,1-2H3. The number of nitrogens with one attached hydrogen (secondary N) is 1. The van der Waals surface area contributed by atoms with Crippen molar-refractivity contribution in [3.63, 3.8) is 0 Å². The van der Waals surface area contributed by atoms with Crippen molar-refractivity contribution in [1.82, 2.24) is 5.32 Å². The normalized spacial score (nSPS) is 27.4. The first-order valence-electron chi connectivity index (χ1n) is 7.90. The average molecular weight is 273 g/mol. The van der Waals surface area contributed by atoms with Gasteiger partial charge in [-0.05, 0) is 32.2 Å². The maximum Gasteiger partial charge on any atom is 0.0501 e. The minimum absolute atomic E-state index is 0.406. The second kappa shape index (κ2) is 9.96. The lowest BCUT2D eigenvalue weighted by Gasteiger charge is -2.29. The Morgan fingerprint density at radius 2 is 1.78 bits per heavy atom. The van der Waals surface area contributed by atoms with E-state index < -0.39 is 10.8 Å². The first-order chi connectivity index (χ1) is 8.79. The fraction of sp³-hybridized carbons (Fsp3) is 1.00. The van der Waals surface area contributed by atoms with E-state index in [0.29, 0.717) is 11.3 Å². The SMILES string of the molecule is CCCCS(=O)C1CCCCCCC1NCCC. The molecule has 18 heavy (non-hydrogen) atoms. The van der Waals surface area contributed by atoms with Crippen LogP contribution in [0.1, 0.15) is 71.6 Å². The molecule has 2 nitrogen and oxygen atoms in total. The predicted molar refractivity (Wildman–Crippen MR) is 81.5 cm³/mol. The van der Waals surface area contributed by atoms with Gasteiger partial charge in [-0.3, -0.25) is 4.21 Å². The van der Waals surface area contributed by atoms with E-state index in [0.717, 1.165) is 31.6 Å². The summed E-state index contributed by atoms with van der Waals surface area (Å²) in [6.45, 7) is 5.47. The molecule has 0 amide bonds. The molecule has 1 aliphatic rings. The Hall–Kier alpha value is 0.110. The van der Waals surface area contributed by atoms with E-state index in [4.69, 9.17) is 0 Å². The van der Waals surface area contributed by atoms with E-state index >= 15 is 0 Å². The minimum Gasteiger partial charge on any atom is -0.313 e. The van der Waals surface area contributed by atoms with E-state index in [-0.39, 0.29) is 0 Å². The summed E-state index contributed by atoms with van der Waals surface area (Å²) >= 11 is 0. The van der Waals surface area contributed by atoms with Crippen LogP contribution in [-0.4, -0.2) is 27.8 Å². The molecule has 0 aromatic heterocycles. The summed E-state index contributed by atoms with van der Waals surface area (Å²) in [7, 11) is -0.621. The fourth-order valence-corrected chi connectivity index (χ4v) is 4.67. The van der Waals surface area contributed by atoms with E-state index in [1.54, 1.807) is 0 Å². The molecule has 0 heterocycles. The zero-order valence-electron chi connectivity index (χ0n) is 12.2. The van der Waals surface area contributed by atoms with Crippen LogP contribution in [0.2, 0.25) is 0 Å². The monoisotopic (exact) mass is 273 g/mol. The van der Waals surface area contributed by atoms with Crippen LogP contribution in [0.3, 0.4) is 0 Å². The molecule has 0 spiro atoms. The van der Waals surface area contributed by atoms with Crippen LogP contribution in [0.4, 0.5) is 0 Å². The highest BCUT2D eigenvalue weighted by molar-refractivity contribution is 7.85. The molecular formula is C15H31NOS. The second-order valence-electron chi connectivity index (χ2n) is 5.53. The molecule has 0 radical (unpaired) electrons. The molecule has 1 rings (SSSR count). The first kappa shape index (κ1) is 16.2. The lowest BCUT2D eigenvalue weighted by Crippen LogP contribution is -2.43. The second-order valence-corrected chi connectivity index (χ2v) is 7.30. The van der Waals surface area contributed by atoms with Crippen molar-refractivity contribution in [2.24, 2.45) is 0 Å². The molecule has 0 aromatic rings. The molecule has 3 heteroatoms. The number of unbranched alkanes of at least 4 members (excludes halogenated alkanes) is 1. The summed E-state index contributed by atoms with van der Waals surface area (Å²) in [5, 5.41) is 4.06. The van der Waals surface area contributed by atoms with Crippen molar-refractivity contribution in [3.05, 3.63) is 0 Å². The lowest BCUT2D eigenvalue weighted by atomic mass is 9.96. The third-order valence-electron chi connectivity index (χ3n) is 3.90. The Bertz CT molecular complexity index is 231. The predicted octanol–water partition coefficient (Wildman–Crippen LogP) is 3.63. The fourth-order valence-electron chi connectivity index (χ4n) is 2.77. The number of rotatable bonds is 7. The summed E-state index contributed by atoms with van der Waals surface area (Å²) in [6, 6.07) is 0.503. The van der Waals surface area contributed by atoms with Crippen LogP contribution in [0.15, 0.2) is 0 Å². The Morgan fingerprint density at radius 3 is 2.44 bits per heavy atom. The van der Waals surface area contributed by atoms with E-state index in [1.807, 2.05) is 0 Å². The van der Waals surface area contributed by atoms with Gasteiger partial charge in [-0.15, -0.1) is 0 Å². The summed E-state index contributed by atoms with van der Waals surface area (Å²) in [5.74, 6) is 0.908. The molecular weight excluding hydrogens is 242 g/mol. The van der Waals surface area contributed by atoms with Crippen molar-refractivity contribution in [3.8, 4) is 0 Å². The van der Waals surface area contributed by atoms with Crippen molar-refractivity contribution in [1.29, 1.82) is 0 Å². The van der Waals surface area contributed by atoms with Crippen LogP contribution in [0.25, 0.3) is 0 Å². The molecule has 108 valence electrons. The third-order valence-corrected chi connectivity index (χ3v) is 5.83. The van der Waals surface area contributed by atoms with Crippen molar-refractivity contribution in [2.45, 2.75) is 82.9 Å². The Labute approximate surface area is 116 Å². The molecule has 1 fully saturated rings. The van der Waals surface area contributed by atoms with Crippen molar-refractivity contribution >= 4 is 10.8 Å². The highest BCUT2D eigenvalue weighted by atomic mass is 32.2. The van der Waals surface area contributed by atoms with Crippen LogP contribution in [0, 0.1) is 0 Å². The van der Waals surface area contributed by atoms with Gasteiger partial charge in [-0.1, -0.05) is 46.0 Å². The quantitative estimate of drug-likeness (QED) is 0.767. The Kier molecular flexibility index (Phi) is 8.95. The topological polar surface area (TPSA) is 29.1 Å². The number of hydrogen-bond acceptors (Lipinski definition) is 2. The van der Waals surface area contributed by atoms with Gasteiger partial charge in [-0.25, -0.2) is 0 Å². The summed E-state index contributed by atoms with van der Waals surface area (Å²) in [4.78, 5) is 0. The van der Waals surface area contributed by atoms with Gasteiger partial charge in [0.2, 0.25) is 0 Å². The van der Waals surface area contributed by atoms with Crippen LogP contribution >= 0.6 is 0 Å². The van der Waals surface area contributed by atoms with E-state index in [9.17, 15) is 4.21 Å². The van der Waals surface area contributed by atoms with Gasteiger partial charge in [0.15, 0.2) is 0 Å². The summed E-state index contributed by atoms with van der Waals surface area (Å²) in [6.07, 6.45) is 11.1. The Morgan fingerprint density at radius 1 is 1.06 bits per heavy atom. The van der Waals surface area contributed by atoms with Crippen molar-refractivity contribution < 1.29 is 4.21 Å². The molecule has 1 N–H and O–H groups in total. The largest absolute Gasteiger partial charge is 0.313 e. The van der Waals surface area contributed by atoms with Gasteiger partial charge >= 0.3 is 0 Å². The van der Waals surface area contributed by atoms with Gasteiger partial charge < -0.3 is 5.32 Å². The van der Waals surface area contributed by atoms with Crippen molar-refractivity contribution in [2.75, 3.05) is 12.3 Å². The number of hydrogen-bond donors (Lipinski definition) is 1. The molecule has 0 aliphatic heterocycles. The van der Waals surface area contributed by atoms with Gasteiger partial charge in [0, 0.05) is 22.6 Å². The molecule has 1 saturated carbocycles. The van der Waals surface area contributed by atoms with E-state index in [2.05, 4.69) is 19.2 Å². The lowest BCUT2D eigenvalue weighted by molar-refractivity contribution is 0.394. The molecule has 1 aliphatic carbocycles. The minimum atomic E-state index is -0.621. The first-order valence-corrected chi connectivity index (χ1v) is 9.28. The van der Waals surface area contributed by atoms with Gasteiger partial charge in [0.1, 0.15) is 0 Å². The van der Waals surface area contributed by atoms with Crippen LogP contribution < -0.4 is 5.32 Å². The van der Waals surface area contributed by atoms with Gasteiger partial charge in [0.05, 0.1) is 5.25 Å². The maximum absolute atomic E-state index is 12.5. The Balaban J connectivity index is 2.55. The average Bonchev–Trinajstić information content (AvgIpc) is 2.35. The third kappa shape index (κ3) is 5.83. The summed E-state index contributed by atoms with van der Waals surface area (Å²) in [5.41, 5.74) is 0. The van der Waals surface area contributed by atoms with Gasteiger partial charge in [-0.2, -0.15) is 0 Å². The molecule has 0 saturated heterocycles. The highest BCUT2D eigenvalue weighted by Crippen LogP contribution is 2.22. The molecule has 0 aromatic carbocycles.